The van der Waals surface area contributed by atoms with E-state index in [2.05, 4.69) is 26.4 Å². The van der Waals surface area contributed by atoms with Crippen LogP contribution in [0.15, 0.2) is 79.0 Å². The molecule has 0 unspecified atom stereocenters. The molecular formula is C38H52N6O7. The first kappa shape index (κ1) is 40.4. The van der Waals surface area contributed by atoms with E-state index in [-0.39, 0.29) is 19.5 Å². The molecule has 0 aliphatic heterocycles. The summed E-state index contributed by atoms with van der Waals surface area (Å²) >= 11 is 0. The third-order valence-corrected chi connectivity index (χ3v) is 8.21. The number of nitrogens with zero attached hydrogens (tertiary/aromatic N) is 2. The number of pyridine rings is 1. The average Bonchev–Trinajstić information content (AvgIpc) is 3.08. The quantitative estimate of drug-likeness (QED) is 0.154. The summed E-state index contributed by atoms with van der Waals surface area (Å²) in [5, 5.41) is 21.6. The molecule has 13 nitrogen and oxygen atoms in total. The first-order chi connectivity index (χ1) is 24.0. The molecule has 0 fully saturated rings. The van der Waals surface area contributed by atoms with Gasteiger partial charge in [-0.3, -0.25) is 20.0 Å². The zero-order valence-electron chi connectivity index (χ0n) is 30.7. The van der Waals surface area contributed by atoms with Crippen LogP contribution in [0.4, 0.5) is 9.59 Å². The van der Waals surface area contributed by atoms with Crippen LogP contribution < -0.4 is 21.4 Å². The van der Waals surface area contributed by atoms with Crippen molar-refractivity contribution in [2.45, 2.75) is 78.7 Å². The first-order valence-electron chi connectivity index (χ1n) is 16.8. The first-order valence-corrected chi connectivity index (χ1v) is 16.8. The SMILES string of the molecule is COC(=O)N[C@H](C(=O)N[C@H](Cc1ccccc1)[C@H](O)CN(Cc1ccc(-c2ccccn2)cc1)NC(=O)[C@H](NC(=O)OC)C(C)(C)C)C(C)(C)C. The van der Waals surface area contributed by atoms with Crippen molar-refractivity contribution >= 4 is 24.0 Å². The van der Waals surface area contributed by atoms with Crippen molar-refractivity contribution in [1.29, 1.82) is 0 Å². The average molecular weight is 705 g/mol. The number of nitrogens with one attached hydrogen (secondary N) is 4. The number of rotatable bonds is 14. The molecule has 0 aliphatic rings. The van der Waals surface area contributed by atoms with E-state index >= 15 is 0 Å². The molecule has 4 atom stereocenters. The van der Waals surface area contributed by atoms with Crippen LogP contribution in [0.1, 0.15) is 52.7 Å². The molecule has 1 heterocycles. The molecule has 5 N–H and O–H groups in total. The molecule has 51 heavy (non-hydrogen) atoms. The molecule has 0 radical (unpaired) electrons. The fourth-order valence-corrected chi connectivity index (χ4v) is 5.38. The number of alkyl carbamates (subject to hydrolysis) is 2. The lowest BCUT2D eigenvalue weighted by Crippen LogP contribution is -2.60. The van der Waals surface area contributed by atoms with Gasteiger partial charge in [0.25, 0.3) is 5.91 Å². The van der Waals surface area contributed by atoms with E-state index in [1.807, 2.05) is 93.6 Å². The van der Waals surface area contributed by atoms with Crippen molar-refractivity contribution in [3.8, 4) is 11.3 Å². The molecule has 3 rings (SSSR count). The Kier molecular flexibility index (Phi) is 14.5. The molecule has 0 saturated heterocycles. The maximum absolute atomic E-state index is 13.8. The van der Waals surface area contributed by atoms with Crippen molar-refractivity contribution in [3.63, 3.8) is 0 Å². The van der Waals surface area contributed by atoms with Crippen molar-refractivity contribution in [2.24, 2.45) is 10.8 Å². The normalized spacial score (nSPS) is 14.0. The van der Waals surface area contributed by atoms with E-state index in [1.54, 1.807) is 32.0 Å². The Balaban J connectivity index is 1.96. The molecule has 13 heteroatoms. The van der Waals surface area contributed by atoms with Gasteiger partial charge < -0.3 is 30.5 Å². The summed E-state index contributed by atoms with van der Waals surface area (Å²) in [6.45, 7) is 10.9. The standard InChI is InChI=1S/C38H52N6O7/c1-37(2,3)31(41-35(48)50-7)33(46)40-29(22-25-14-10-9-11-15-25)30(45)24-44(43-34(47)32(38(4,5)6)42-36(49)51-8)23-26-17-19-27(20-18-26)28-16-12-13-21-39-28/h9-21,29-32,45H,22-24H2,1-8H3,(H,40,46)(H,41,48)(H,42,49)(H,43,47)/t29-,30-,31-,32+/m1/s1. The lowest BCUT2D eigenvalue weighted by atomic mass is 9.85. The van der Waals surface area contributed by atoms with Crippen molar-refractivity contribution < 1.29 is 33.8 Å². The molecule has 4 amide bonds. The number of aliphatic hydroxyl groups excluding tert-OH is 1. The number of amides is 4. The van der Waals surface area contributed by atoms with E-state index in [1.165, 1.54) is 14.2 Å². The summed E-state index contributed by atoms with van der Waals surface area (Å²) in [7, 11) is 2.44. The third kappa shape index (κ3) is 12.7. The summed E-state index contributed by atoms with van der Waals surface area (Å²) in [6, 6.07) is 19.8. The van der Waals surface area contributed by atoms with Crippen LogP contribution in [0.25, 0.3) is 11.3 Å². The lowest BCUT2D eigenvalue weighted by molar-refractivity contribution is -0.132. The minimum atomic E-state index is -1.22. The van der Waals surface area contributed by atoms with Gasteiger partial charge in [-0.15, -0.1) is 0 Å². The van der Waals surface area contributed by atoms with Gasteiger partial charge in [-0.2, -0.15) is 0 Å². The minimum Gasteiger partial charge on any atom is -0.453 e. The molecule has 0 saturated carbocycles. The fourth-order valence-electron chi connectivity index (χ4n) is 5.38. The third-order valence-electron chi connectivity index (χ3n) is 8.21. The number of carbonyl (C=O) groups excluding carboxylic acids is 4. The van der Waals surface area contributed by atoms with E-state index in [0.717, 1.165) is 22.4 Å². The van der Waals surface area contributed by atoms with Crippen LogP contribution in [0.5, 0.6) is 0 Å². The van der Waals surface area contributed by atoms with E-state index in [4.69, 9.17) is 9.47 Å². The molecule has 0 aliphatic carbocycles. The van der Waals surface area contributed by atoms with Gasteiger partial charge in [-0.05, 0) is 40.5 Å². The predicted octanol–water partition coefficient (Wildman–Crippen LogP) is 4.21. The van der Waals surface area contributed by atoms with Crippen LogP contribution in [0, 0.1) is 10.8 Å². The number of benzene rings is 2. The highest BCUT2D eigenvalue weighted by molar-refractivity contribution is 5.87. The molecular weight excluding hydrogens is 652 g/mol. The van der Waals surface area contributed by atoms with Crippen LogP contribution in [-0.4, -0.2) is 84.1 Å². The van der Waals surface area contributed by atoms with E-state index < -0.39 is 59.1 Å². The largest absolute Gasteiger partial charge is 0.453 e. The molecule has 1 aromatic heterocycles. The maximum atomic E-state index is 13.8. The van der Waals surface area contributed by atoms with Crippen LogP contribution in [-0.2, 0) is 32.0 Å². The number of hydrazine groups is 1. The van der Waals surface area contributed by atoms with Gasteiger partial charge in [-0.1, -0.05) is 102 Å². The predicted molar refractivity (Wildman–Crippen MR) is 194 cm³/mol. The topological polar surface area (TPSA) is 171 Å². The van der Waals surface area contributed by atoms with E-state index in [9.17, 15) is 24.3 Å². The second kappa shape index (κ2) is 18.3. The smallest absolute Gasteiger partial charge is 0.407 e. The van der Waals surface area contributed by atoms with Gasteiger partial charge in [0, 0.05) is 24.8 Å². The monoisotopic (exact) mass is 704 g/mol. The van der Waals surface area contributed by atoms with Crippen LogP contribution in [0.3, 0.4) is 0 Å². The van der Waals surface area contributed by atoms with Crippen LogP contribution in [0.2, 0.25) is 0 Å². The van der Waals surface area contributed by atoms with Gasteiger partial charge >= 0.3 is 12.2 Å². The van der Waals surface area contributed by atoms with Crippen molar-refractivity contribution in [3.05, 3.63) is 90.1 Å². The van der Waals surface area contributed by atoms with Gasteiger partial charge in [0.15, 0.2) is 0 Å². The van der Waals surface area contributed by atoms with E-state index in [0.29, 0.717) is 0 Å². The lowest BCUT2D eigenvalue weighted by Gasteiger charge is -2.35. The zero-order valence-corrected chi connectivity index (χ0v) is 30.7. The number of aromatic nitrogens is 1. The van der Waals surface area contributed by atoms with Gasteiger partial charge in [0.2, 0.25) is 5.91 Å². The van der Waals surface area contributed by atoms with Crippen LogP contribution >= 0.6 is 0 Å². The second-order valence-corrected chi connectivity index (χ2v) is 14.5. The fraction of sp³-hybridized carbons (Fsp3) is 0.447. The summed E-state index contributed by atoms with van der Waals surface area (Å²) in [5.41, 5.74) is 4.88. The Labute approximate surface area is 300 Å². The minimum absolute atomic E-state index is 0.120. The van der Waals surface area contributed by atoms with Crippen molar-refractivity contribution in [2.75, 3.05) is 20.8 Å². The molecule has 3 aromatic rings. The number of carbonyl (C=O) groups is 4. The summed E-state index contributed by atoms with van der Waals surface area (Å²) in [6.07, 6.45) is -0.778. The Morgan fingerprint density at radius 2 is 1.27 bits per heavy atom. The number of hydrogen-bond donors (Lipinski definition) is 5. The highest BCUT2D eigenvalue weighted by atomic mass is 16.5. The zero-order chi connectivity index (χ0) is 37.8. The number of aliphatic hydroxyl groups is 1. The Morgan fingerprint density at radius 1 is 0.725 bits per heavy atom. The summed E-state index contributed by atoms with van der Waals surface area (Å²) in [4.78, 5) is 56.3. The Morgan fingerprint density at radius 3 is 1.78 bits per heavy atom. The molecule has 276 valence electrons. The summed E-state index contributed by atoms with van der Waals surface area (Å²) in [5.74, 6) is -1.03. The van der Waals surface area contributed by atoms with Gasteiger partial charge in [0.1, 0.15) is 12.1 Å². The van der Waals surface area contributed by atoms with Gasteiger partial charge in [-0.25, -0.2) is 14.6 Å². The highest BCUT2D eigenvalue weighted by Gasteiger charge is 2.37. The number of hydrogen-bond acceptors (Lipinski definition) is 9. The molecule has 0 bridgehead atoms. The number of ether oxygens (including phenoxy) is 2. The van der Waals surface area contributed by atoms with Gasteiger partial charge in [0.05, 0.1) is 32.1 Å². The highest BCUT2D eigenvalue weighted by Crippen LogP contribution is 2.23. The maximum Gasteiger partial charge on any atom is 0.407 e. The Bertz CT molecular complexity index is 1570. The summed E-state index contributed by atoms with van der Waals surface area (Å²) < 4.78 is 9.54. The molecule has 0 spiro atoms. The Hall–Kier alpha value is -5.01. The number of methoxy groups -OCH3 is 2. The van der Waals surface area contributed by atoms with Crippen molar-refractivity contribution in [1.82, 2.24) is 31.4 Å². The second-order valence-electron chi connectivity index (χ2n) is 14.5. The molecule has 2 aromatic carbocycles.